The predicted octanol–water partition coefficient (Wildman–Crippen LogP) is 9.67. The molecule has 2 heterocycles. The molecule has 2 aliphatic heterocycles. The highest BCUT2D eigenvalue weighted by atomic mass is 28.4. The highest BCUT2D eigenvalue weighted by Gasteiger charge is 2.40. The van der Waals surface area contributed by atoms with Gasteiger partial charge in [0, 0.05) is 6.42 Å². The van der Waals surface area contributed by atoms with Crippen LogP contribution in [0, 0.1) is 18.3 Å². The molecule has 50 heavy (non-hydrogen) atoms. The van der Waals surface area contributed by atoms with Gasteiger partial charge in [0.05, 0.1) is 56.9 Å². The summed E-state index contributed by atoms with van der Waals surface area (Å²) in [5.74, 6) is 3.90. The third-order valence-corrected chi connectivity index (χ3v) is 14.4. The summed E-state index contributed by atoms with van der Waals surface area (Å²) in [5, 5.41) is 11.1. The van der Waals surface area contributed by atoms with Crippen LogP contribution in [-0.2, 0) is 25.2 Å². The zero-order valence-corrected chi connectivity index (χ0v) is 33.0. The van der Waals surface area contributed by atoms with Crippen molar-refractivity contribution < 1.29 is 28.5 Å². The van der Waals surface area contributed by atoms with Gasteiger partial charge in [-0.25, -0.2) is 0 Å². The molecule has 0 amide bonds. The minimum Gasteiger partial charge on any atom is -0.497 e. The quantitative estimate of drug-likeness (QED) is 0.0879. The van der Waals surface area contributed by atoms with E-state index in [4.69, 9.17) is 29.8 Å². The molecule has 1 N–H and O–H groups in total. The van der Waals surface area contributed by atoms with Crippen LogP contribution in [0.1, 0.15) is 85.1 Å². The van der Waals surface area contributed by atoms with Gasteiger partial charge in [0.2, 0.25) is 0 Å². The highest BCUT2D eigenvalue weighted by Crippen LogP contribution is 2.38. The molecule has 3 rings (SSSR count). The number of methoxy groups -OCH3 is 1. The Bertz CT molecular complexity index is 1340. The Balaban J connectivity index is 1.70. The van der Waals surface area contributed by atoms with Crippen LogP contribution >= 0.6 is 0 Å². The van der Waals surface area contributed by atoms with E-state index in [1.165, 1.54) is 5.57 Å². The molecule has 0 radical (unpaired) electrons. The normalized spacial score (nSPS) is 22.6. The molecule has 0 aromatic heterocycles. The van der Waals surface area contributed by atoms with E-state index in [9.17, 15) is 5.11 Å². The summed E-state index contributed by atoms with van der Waals surface area (Å²) >= 11 is 0. The number of terminal acetylenes is 1. The summed E-state index contributed by atoms with van der Waals surface area (Å²) in [6.45, 7) is 21.0. The van der Waals surface area contributed by atoms with Crippen LogP contribution in [-0.4, -0.2) is 63.8 Å². The lowest BCUT2D eigenvalue weighted by Gasteiger charge is -2.40. The fourth-order valence-electron chi connectivity index (χ4n) is 6.06. The molecular weight excluding hydrogens is 641 g/mol. The maximum absolute atomic E-state index is 11.0. The predicted molar refractivity (Wildman–Crippen MR) is 209 cm³/mol. The van der Waals surface area contributed by atoms with Crippen LogP contribution in [0.3, 0.4) is 0 Å². The van der Waals surface area contributed by atoms with Crippen molar-refractivity contribution in [3.05, 3.63) is 90.1 Å². The van der Waals surface area contributed by atoms with Gasteiger partial charge in [0.15, 0.2) is 8.32 Å². The third-order valence-electron chi connectivity index (χ3n) is 9.97. The summed E-state index contributed by atoms with van der Waals surface area (Å²) in [5.41, 5.74) is 3.42. The van der Waals surface area contributed by atoms with Crippen molar-refractivity contribution in [3.8, 4) is 18.1 Å². The van der Waals surface area contributed by atoms with Crippen LogP contribution in [0.15, 0.2) is 84.5 Å². The average molecular weight is 705 g/mol. The van der Waals surface area contributed by atoms with E-state index >= 15 is 0 Å². The summed E-state index contributed by atoms with van der Waals surface area (Å²) in [6.07, 6.45) is 24.3. The molecule has 7 unspecified atom stereocenters. The molecule has 0 spiro atoms. The Hall–Kier alpha value is -2.70. The first-order valence-corrected chi connectivity index (χ1v) is 21.2. The van der Waals surface area contributed by atoms with E-state index in [0.717, 1.165) is 42.6 Å². The topological polar surface area (TPSA) is 66.4 Å². The lowest BCUT2D eigenvalue weighted by atomic mass is 9.91. The van der Waals surface area contributed by atoms with E-state index in [0.29, 0.717) is 38.4 Å². The van der Waals surface area contributed by atoms with Crippen LogP contribution in [0.4, 0.5) is 0 Å². The summed E-state index contributed by atoms with van der Waals surface area (Å²) < 4.78 is 31.3. The Morgan fingerprint density at radius 2 is 1.92 bits per heavy atom. The summed E-state index contributed by atoms with van der Waals surface area (Å²) in [6, 6.07) is 7.96. The zero-order chi connectivity index (χ0) is 36.7. The second-order valence-corrected chi connectivity index (χ2v) is 20.4. The minimum atomic E-state index is -2.18. The number of hydrogen-bond acceptors (Lipinski definition) is 6. The van der Waals surface area contributed by atoms with Crippen molar-refractivity contribution in [3.63, 3.8) is 0 Å². The smallest absolute Gasteiger partial charge is 0.193 e. The van der Waals surface area contributed by atoms with Gasteiger partial charge in [-0.2, -0.15) is 0 Å². The number of ether oxygens (including phenoxy) is 4. The number of hydrogen-bond donors (Lipinski definition) is 1. The Labute approximate surface area is 304 Å². The summed E-state index contributed by atoms with van der Waals surface area (Å²) in [4.78, 5) is 0. The fourth-order valence-corrected chi connectivity index (χ4v) is 7.33. The van der Waals surface area contributed by atoms with Crippen LogP contribution in [0.2, 0.25) is 18.1 Å². The summed E-state index contributed by atoms with van der Waals surface area (Å²) in [7, 11) is -0.513. The SMILES string of the molecule is C#CCC1C=CCC(CC(C)CC(=C)CC(O)/C=C/CC(OCc2ccc(OC)cc2)C(/C=C/C2CC(C)=CCO2)O[Si](C)(C)C(C)(C)C)O1. The van der Waals surface area contributed by atoms with Crippen molar-refractivity contribution in [1.29, 1.82) is 0 Å². The van der Waals surface area contributed by atoms with E-state index in [1.807, 2.05) is 36.4 Å². The third kappa shape index (κ3) is 14.5. The van der Waals surface area contributed by atoms with Crippen LogP contribution in [0.25, 0.3) is 0 Å². The maximum atomic E-state index is 11.0. The molecule has 7 atom stereocenters. The molecule has 1 aromatic carbocycles. The van der Waals surface area contributed by atoms with E-state index in [1.54, 1.807) is 7.11 Å². The number of aliphatic hydroxyl groups excluding tert-OH is 1. The Morgan fingerprint density at radius 3 is 2.58 bits per heavy atom. The first-order chi connectivity index (χ1) is 23.7. The first kappa shape index (κ1) is 41.7. The number of benzene rings is 1. The van der Waals surface area contributed by atoms with Crippen molar-refractivity contribution in [1.82, 2.24) is 0 Å². The van der Waals surface area contributed by atoms with Crippen molar-refractivity contribution in [2.45, 2.75) is 141 Å². The average Bonchev–Trinajstić information content (AvgIpc) is 3.04. The van der Waals surface area contributed by atoms with Gasteiger partial charge in [-0.15, -0.1) is 12.3 Å². The van der Waals surface area contributed by atoms with Gasteiger partial charge < -0.3 is 28.5 Å². The maximum Gasteiger partial charge on any atom is 0.193 e. The molecule has 7 heteroatoms. The van der Waals surface area contributed by atoms with Gasteiger partial charge >= 0.3 is 0 Å². The molecule has 1 aromatic rings. The lowest BCUT2D eigenvalue weighted by Crippen LogP contribution is -2.47. The van der Waals surface area contributed by atoms with Gasteiger partial charge in [0.25, 0.3) is 0 Å². The first-order valence-electron chi connectivity index (χ1n) is 18.3. The van der Waals surface area contributed by atoms with Crippen molar-refractivity contribution >= 4 is 8.32 Å². The highest BCUT2D eigenvalue weighted by molar-refractivity contribution is 6.74. The monoisotopic (exact) mass is 704 g/mol. The van der Waals surface area contributed by atoms with Crippen molar-refractivity contribution in [2.24, 2.45) is 5.92 Å². The second kappa shape index (κ2) is 20.4. The molecule has 2 aliphatic rings. The van der Waals surface area contributed by atoms with E-state index in [2.05, 4.69) is 90.6 Å². The van der Waals surface area contributed by atoms with Crippen molar-refractivity contribution in [2.75, 3.05) is 13.7 Å². The van der Waals surface area contributed by atoms with Gasteiger partial charge in [-0.3, -0.25) is 0 Å². The zero-order valence-electron chi connectivity index (χ0n) is 32.0. The molecule has 0 fully saturated rings. The van der Waals surface area contributed by atoms with Gasteiger partial charge in [-0.1, -0.05) is 100 Å². The Morgan fingerprint density at radius 1 is 1.18 bits per heavy atom. The lowest BCUT2D eigenvalue weighted by molar-refractivity contribution is -0.0204. The van der Waals surface area contributed by atoms with Gasteiger partial charge in [0.1, 0.15) is 5.75 Å². The standard InChI is InChI=1S/C43H64O6Si/c1-11-14-38-16-13-17-40(48-38)30-34(4)27-33(3)28-36(44)15-12-18-41(47-31-35-19-21-37(45-8)22-20-35)42(49-50(9,10)43(5,6)7)24-23-39-29-32(2)25-26-46-39/h1,12-13,15-16,19-25,34,36,38-42,44H,3,14,17-18,26-31H2,2,4-10H3/b15-12+,24-23+. The minimum absolute atomic E-state index is 0.00374. The molecular formula is C43H64O6Si. The molecule has 276 valence electrons. The van der Waals surface area contributed by atoms with E-state index in [-0.39, 0.29) is 35.6 Å². The molecule has 0 bridgehead atoms. The number of rotatable bonds is 19. The van der Waals surface area contributed by atoms with Crippen LogP contribution in [0.5, 0.6) is 5.75 Å². The Kier molecular flexibility index (Phi) is 17.0. The molecule has 6 nitrogen and oxygen atoms in total. The van der Waals surface area contributed by atoms with Gasteiger partial charge in [-0.05, 0) is 87.2 Å². The molecule has 0 aliphatic carbocycles. The fraction of sp³-hybridized carbons (Fsp3) is 0.581. The second-order valence-electron chi connectivity index (χ2n) is 15.7. The largest absolute Gasteiger partial charge is 0.497 e. The molecule has 0 saturated heterocycles. The molecule has 0 saturated carbocycles. The van der Waals surface area contributed by atoms with E-state index < -0.39 is 14.4 Å². The van der Waals surface area contributed by atoms with Crippen LogP contribution < -0.4 is 4.74 Å². The number of aliphatic hydroxyl groups is 1.